The summed E-state index contributed by atoms with van der Waals surface area (Å²) in [7, 11) is -0.676. The topological polar surface area (TPSA) is 143 Å². The molecule has 2 rings (SSSR count). The number of rotatable bonds is 6. The number of hydrogen-bond donors (Lipinski definition) is 4. The van der Waals surface area contributed by atoms with Crippen molar-refractivity contribution in [2.75, 3.05) is 19.0 Å². The largest absolute Gasteiger partial charge is 0.388 e. The standard InChI is InChI=1S/C19H27N3O6S/c1-5-14-17(23)18(24)16(19(25)28-14)21-29(26,27)15(10-20)11(2)12-6-8-13(9-7-12)22(3)4/h6-9,14,16-19,21,23-25H,5H2,1-4H3/b15-11+/t14-,16-,17-,18-,19?/m1/s1. The molecular formula is C19H27N3O6S. The molecule has 9 nitrogen and oxygen atoms in total. The summed E-state index contributed by atoms with van der Waals surface area (Å²) >= 11 is 0. The summed E-state index contributed by atoms with van der Waals surface area (Å²) in [6.45, 7) is 3.19. The second-order valence-corrected chi connectivity index (χ2v) is 8.76. The number of hydrogen-bond acceptors (Lipinski definition) is 8. The van der Waals surface area contributed by atoms with E-state index in [4.69, 9.17) is 4.74 Å². The summed E-state index contributed by atoms with van der Waals surface area (Å²) in [6, 6.07) is 7.13. The summed E-state index contributed by atoms with van der Waals surface area (Å²) in [5, 5.41) is 39.9. The number of aliphatic hydroxyl groups is 3. The number of aliphatic hydroxyl groups excluding tert-OH is 3. The van der Waals surface area contributed by atoms with Crippen molar-refractivity contribution in [3.63, 3.8) is 0 Å². The van der Waals surface area contributed by atoms with Gasteiger partial charge in [-0.1, -0.05) is 19.1 Å². The highest BCUT2D eigenvalue weighted by molar-refractivity contribution is 7.93. The zero-order valence-corrected chi connectivity index (χ0v) is 17.6. The molecule has 1 fully saturated rings. The van der Waals surface area contributed by atoms with Crippen LogP contribution < -0.4 is 9.62 Å². The molecule has 29 heavy (non-hydrogen) atoms. The number of sulfonamides is 1. The van der Waals surface area contributed by atoms with E-state index in [1.807, 2.05) is 19.0 Å². The Bertz CT molecular complexity index is 892. The van der Waals surface area contributed by atoms with Gasteiger partial charge in [-0.2, -0.15) is 9.98 Å². The van der Waals surface area contributed by atoms with Gasteiger partial charge in [-0.3, -0.25) is 0 Å². The van der Waals surface area contributed by atoms with E-state index in [9.17, 15) is 29.0 Å². The normalized spacial score (nSPS) is 28.4. The van der Waals surface area contributed by atoms with Crippen molar-refractivity contribution in [3.05, 3.63) is 34.7 Å². The molecule has 1 heterocycles. The van der Waals surface area contributed by atoms with Crippen molar-refractivity contribution in [2.45, 2.75) is 50.9 Å². The molecule has 0 amide bonds. The second kappa shape index (κ2) is 9.21. The smallest absolute Gasteiger partial charge is 0.251 e. The van der Waals surface area contributed by atoms with Gasteiger partial charge >= 0.3 is 0 Å². The lowest BCUT2D eigenvalue weighted by Gasteiger charge is -2.40. The minimum Gasteiger partial charge on any atom is -0.388 e. The number of nitrogens with zero attached hydrogens (tertiary/aromatic N) is 2. The van der Waals surface area contributed by atoms with Gasteiger partial charge in [-0.25, -0.2) is 8.42 Å². The fraction of sp³-hybridized carbons (Fsp3) is 0.526. The van der Waals surface area contributed by atoms with E-state index in [0.717, 1.165) is 5.69 Å². The van der Waals surface area contributed by atoms with Crippen molar-refractivity contribution in [2.24, 2.45) is 0 Å². The Morgan fingerprint density at radius 2 is 1.79 bits per heavy atom. The van der Waals surface area contributed by atoms with E-state index in [1.54, 1.807) is 37.3 Å². The van der Waals surface area contributed by atoms with Crippen molar-refractivity contribution in [1.82, 2.24) is 4.72 Å². The highest BCUT2D eigenvalue weighted by Gasteiger charge is 2.45. The first kappa shape index (κ1) is 23.3. The SMILES string of the molecule is CC[C@H]1OC(O)[C@H](NS(=O)(=O)/C(C#N)=C(\C)c2ccc(N(C)C)cc2)[C@@H](O)[C@@H]1O. The average Bonchev–Trinajstić information content (AvgIpc) is 2.68. The van der Waals surface area contributed by atoms with Crippen LogP contribution in [0.2, 0.25) is 0 Å². The number of nitriles is 1. The Labute approximate surface area is 170 Å². The lowest BCUT2D eigenvalue weighted by Crippen LogP contribution is -2.63. The molecule has 10 heteroatoms. The van der Waals surface area contributed by atoms with E-state index < -0.39 is 45.6 Å². The first-order valence-electron chi connectivity index (χ1n) is 9.14. The third-order valence-corrected chi connectivity index (χ3v) is 6.46. The predicted octanol–water partition coefficient (Wildman–Crippen LogP) is 0.144. The van der Waals surface area contributed by atoms with Crippen LogP contribution in [0.3, 0.4) is 0 Å². The molecule has 5 atom stereocenters. The first-order chi connectivity index (χ1) is 13.5. The molecule has 1 unspecified atom stereocenters. The molecule has 1 aliphatic rings. The molecule has 4 N–H and O–H groups in total. The Hall–Kier alpha value is -2.00. The molecule has 1 aliphatic heterocycles. The average molecular weight is 426 g/mol. The fourth-order valence-corrected chi connectivity index (χ4v) is 4.51. The molecule has 1 aromatic rings. The Morgan fingerprint density at radius 3 is 2.28 bits per heavy atom. The number of anilines is 1. The van der Waals surface area contributed by atoms with Gasteiger partial charge in [0.2, 0.25) is 0 Å². The molecular weight excluding hydrogens is 398 g/mol. The first-order valence-corrected chi connectivity index (χ1v) is 10.6. The highest BCUT2D eigenvalue weighted by Crippen LogP contribution is 2.26. The molecule has 0 spiro atoms. The quantitative estimate of drug-likeness (QED) is 0.472. The maximum absolute atomic E-state index is 12.8. The van der Waals surface area contributed by atoms with Crippen molar-refractivity contribution in [3.8, 4) is 6.07 Å². The molecule has 0 bridgehead atoms. The third kappa shape index (κ3) is 4.95. The maximum atomic E-state index is 12.8. The van der Waals surface area contributed by atoms with Crippen LogP contribution in [0.1, 0.15) is 25.8 Å². The van der Waals surface area contributed by atoms with Crippen LogP contribution in [-0.2, 0) is 14.8 Å². The Balaban J connectivity index is 2.34. The van der Waals surface area contributed by atoms with Crippen LogP contribution in [0.5, 0.6) is 0 Å². The molecule has 0 radical (unpaired) electrons. The van der Waals surface area contributed by atoms with Gasteiger partial charge in [0.15, 0.2) is 11.2 Å². The Morgan fingerprint density at radius 1 is 1.21 bits per heavy atom. The van der Waals surface area contributed by atoms with Gasteiger partial charge in [0.05, 0.1) is 6.10 Å². The van der Waals surface area contributed by atoms with Crippen LogP contribution >= 0.6 is 0 Å². The minimum absolute atomic E-state index is 0.206. The van der Waals surface area contributed by atoms with Crippen molar-refractivity contribution >= 4 is 21.3 Å². The zero-order chi connectivity index (χ0) is 21.9. The Kier molecular flexibility index (Phi) is 7.40. The van der Waals surface area contributed by atoms with Gasteiger partial charge in [0, 0.05) is 19.8 Å². The van der Waals surface area contributed by atoms with Crippen LogP contribution in [0.15, 0.2) is 29.2 Å². The van der Waals surface area contributed by atoms with Crippen molar-refractivity contribution in [1.29, 1.82) is 5.26 Å². The molecule has 0 aromatic heterocycles. The van der Waals surface area contributed by atoms with Crippen molar-refractivity contribution < 1.29 is 28.5 Å². The number of benzene rings is 1. The summed E-state index contributed by atoms with van der Waals surface area (Å²) < 4.78 is 32.9. The zero-order valence-electron chi connectivity index (χ0n) is 16.8. The van der Waals surface area contributed by atoms with E-state index >= 15 is 0 Å². The van der Waals surface area contributed by atoms with E-state index in [1.165, 1.54) is 6.92 Å². The van der Waals surface area contributed by atoms with Gasteiger partial charge in [-0.05, 0) is 36.6 Å². The monoisotopic (exact) mass is 425 g/mol. The van der Waals surface area contributed by atoms with Crippen LogP contribution in [-0.4, -0.2) is 68.5 Å². The summed E-state index contributed by atoms with van der Waals surface area (Å²) in [4.78, 5) is 1.33. The summed E-state index contributed by atoms with van der Waals surface area (Å²) in [6.07, 6.45) is -5.17. The van der Waals surface area contributed by atoms with Gasteiger partial charge in [0.25, 0.3) is 10.0 Å². The molecule has 1 saturated heterocycles. The number of ether oxygens (including phenoxy) is 1. The number of allylic oxidation sites excluding steroid dienone is 2. The molecule has 0 aliphatic carbocycles. The summed E-state index contributed by atoms with van der Waals surface area (Å²) in [5.41, 5.74) is 1.65. The maximum Gasteiger partial charge on any atom is 0.251 e. The number of nitrogens with one attached hydrogen (secondary N) is 1. The van der Waals surface area contributed by atoms with Gasteiger partial charge < -0.3 is 25.0 Å². The third-order valence-electron chi connectivity index (χ3n) is 4.94. The van der Waals surface area contributed by atoms with Crippen LogP contribution in [0.25, 0.3) is 5.57 Å². The van der Waals surface area contributed by atoms with Crippen LogP contribution in [0.4, 0.5) is 5.69 Å². The lowest BCUT2D eigenvalue weighted by atomic mass is 9.96. The molecule has 160 valence electrons. The minimum atomic E-state index is -4.41. The molecule has 1 aromatic carbocycles. The predicted molar refractivity (Wildman–Crippen MR) is 108 cm³/mol. The lowest BCUT2D eigenvalue weighted by molar-refractivity contribution is -0.244. The van der Waals surface area contributed by atoms with E-state index in [2.05, 4.69) is 4.72 Å². The van der Waals surface area contributed by atoms with Crippen LogP contribution in [0, 0.1) is 11.3 Å². The van der Waals surface area contributed by atoms with Gasteiger partial charge in [-0.15, -0.1) is 0 Å². The fourth-order valence-electron chi connectivity index (χ4n) is 3.14. The van der Waals surface area contributed by atoms with E-state index in [-0.39, 0.29) is 5.57 Å². The van der Waals surface area contributed by atoms with Gasteiger partial charge in [0.1, 0.15) is 24.3 Å². The summed E-state index contributed by atoms with van der Waals surface area (Å²) in [5.74, 6) is 0. The molecule has 0 saturated carbocycles. The van der Waals surface area contributed by atoms with E-state index in [0.29, 0.717) is 12.0 Å². The highest BCUT2D eigenvalue weighted by atomic mass is 32.2. The second-order valence-electron chi connectivity index (χ2n) is 7.11.